The number of amides is 1. The summed E-state index contributed by atoms with van der Waals surface area (Å²) in [5, 5.41) is 3.31. The zero-order valence-corrected chi connectivity index (χ0v) is 19.7. The van der Waals surface area contributed by atoms with E-state index >= 15 is 0 Å². The number of para-hydroxylation sites is 1. The van der Waals surface area contributed by atoms with Gasteiger partial charge in [-0.3, -0.25) is 4.79 Å². The minimum absolute atomic E-state index is 0.0272. The summed E-state index contributed by atoms with van der Waals surface area (Å²) >= 11 is 0. The van der Waals surface area contributed by atoms with Gasteiger partial charge in [-0.15, -0.1) is 0 Å². The molecule has 2 aromatic rings. The molecule has 2 aliphatic heterocycles. The van der Waals surface area contributed by atoms with E-state index in [1.165, 1.54) is 10.7 Å². The van der Waals surface area contributed by atoms with E-state index in [-0.39, 0.29) is 23.5 Å². The maximum atomic E-state index is 13.3. The first kappa shape index (κ1) is 22.4. The highest BCUT2D eigenvalue weighted by Crippen LogP contribution is 2.46. The number of nitrogens with zero attached hydrogens (tertiary/aromatic N) is 1. The Bertz CT molecular complexity index is 1090. The molecule has 2 aromatic carbocycles. The lowest BCUT2D eigenvalue weighted by Crippen LogP contribution is -2.48. The van der Waals surface area contributed by atoms with Gasteiger partial charge in [-0.1, -0.05) is 42.8 Å². The minimum atomic E-state index is -3.51. The van der Waals surface area contributed by atoms with Crippen LogP contribution in [0.25, 0.3) is 0 Å². The van der Waals surface area contributed by atoms with Crippen molar-refractivity contribution >= 4 is 15.9 Å². The quantitative estimate of drug-likeness (QED) is 0.720. The topological polar surface area (TPSA) is 75.7 Å². The van der Waals surface area contributed by atoms with Crippen molar-refractivity contribution in [2.45, 2.75) is 67.9 Å². The van der Waals surface area contributed by atoms with Crippen LogP contribution in [0.4, 0.5) is 0 Å². The molecule has 0 bridgehead atoms. The molecule has 1 N–H and O–H groups in total. The molecule has 1 aliphatic carbocycles. The van der Waals surface area contributed by atoms with Gasteiger partial charge in [0.2, 0.25) is 15.9 Å². The first-order chi connectivity index (χ1) is 16.0. The van der Waals surface area contributed by atoms with Crippen LogP contribution in [-0.4, -0.2) is 37.3 Å². The van der Waals surface area contributed by atoms with Gasteiger partial charge in [0.1, 0.15) is 11.4 Å². The number of hydrogen-bond acceptors (Lipinski definition) is 4. The molecular weight excluding hydrogens is 436 g/mol. The number of fused-ring (bicyclic) bond motifs is 1. The molecule has 0 unspecified atom stereocenters. The molecule has 33 heavy (non-hydrogen) atoms. The van der Waals surface area contributed by atoms with Crippen LogP contribution in [0.2, 0.25) is 0 Å². The van der Waals surface area contributed by atoms with Crippen LogP contribution in [0.15, 0.2) is 59.5 Å². The van der Waals surface area contributed by atoms with Crippen LogP contribution in [-0.2, 0) is 14.8 Å². The van der Waals surface area contributed by atoms with Crippen molar-refractivity contribution in [2.75, 3.05) is 13.1 Å². The summed E-state index contributed by atoms with van der Waals surface area (Å²) in [5.41, 5.74) is 0.864. The fraction of sp³-hybridized carbons (Fsp3) is 0.500. The second-order valence-electron chi connectivity index (χ2n) is 9.64. The normalized spacial score (nSPS) is 23.5. The SMILES string of the molecule is O=C(N[C@@H]1CC2(CCCCC2)Oc2ccccc21)C1CCN(S(=O)(=O)c2ccccc2)CC1. The molecule has 1 spiro atoms. The van der Waals surface area contributed by atoms with Crippen molar-refractivity contribution in [3.63, 3.8) is 0 Å². The molecule has 7 heteroatoms. The second kappa shape index (κ2) is 9.11. The average molecular weight is 469 g/mol. The smallest absolute Gasteiger partial charge is 0.243 e. The molecular formula is C26H32N2O4S. The van der Waals surface area contributed by atoms with E-state index in [1.807, 2.05) is 30.3 Å². The molecule has 0 aromatic heterocycles. The highest BCUT2D eigenvalue weighted by atomic mass is 32.2. The van der Waals surface area contributed by atoms with Crippen LogP contribution >= 0.6 is 0 Å². The van der Waals surface area contributed by atoms with Gasteiger partial charge in [-0.2, -0.15) is 4.31 Å². The summed E-state index contributed by atoms with van der Waals surface area (Å²) in [6, 6.07) is 16.5. The van der Waals surface area contributed by atoms with Crippen molar-refractivity contribution in [3.8, 4) is 5.75 Å². The van der Waals surface area contributed by atoms with Crippen molar-refractivity contribution in [1.82, 2.24) is 9.62 Å². The predicted octanol–water partition coefficient (Wildman–Crippen LogP) is 4.43. The third-order valence-electron chi connectivity index (χ3n) is 7.48. The molecule has 1 saturated heterocycles. The van der Waals surface area contributed by atoms with Gasteiger partial charge < -0.3 is 10.1 Å². The lowest BCUT2D eigenvalue weighted by Gasteiger charge is -2.45. The van der Waals surface area contributed by atoms with Crippen LogP contribution in [0.5, 0.6) is 5.75 Å². The summed E-state index contributed by atoms with van der Waals surface area (Å²) in [5.74, 6) is 0.740. The molecule has 3 aliphatic rings. The fourth-order valence-corrected chi connectivity index (χ4v) is 7.13. The summed E-state index contributed by atoms with van der Waals surface area (Å²) in [4.78, 5) is 13.6. The first-order valence-corrected chi connectivity index (χ1v) is 13.5. The Morgan fingerprint density at radius 2 is 1.61 bits per heavy atom. The Morgan fingerprint density at radius 1 is 0.939 bits per heavy atom. The molecule has 6 nitrogen and oxygen atoms in total. The molecule has 2 heterocycles. The highest BCUT2D eigenvalue weighted by molar-refractivity contribution is 7.89. The Morgan fingerprint density at radius 3 is 2.33 bits per heavy atom. The molecule has 1 atom stereocenters. The number of piperidine rings is 1. The third kappa shape index (κ3) is 4.53. The number of rotatable bonds is 4. The third-order valence-corrected chi connectivity index (χ3v) is 9.40. The number of nitrogens with one attached hydrogen (secondary N) is 1. The number of carbonyl (C=O) groups excluding carboxylic acids is 1. The van der Waals surface area contributed by atoms with Crippen LogP contribution in [0, 0.1) is 5.92 Å². The molecule has 2 fully saturated rings. The molecule has 5 rings (SSSR count). The van der Waals surface area contributed by atoms with Crippen molar-refractivity contribution in [3.05, 3.63) is 60.2 Å². The standard InChI is InChI=1S/C26H32N2O4S/c29-25(20-13-17-28(18-14-20)33(30,31)21-9-3-1-4-10-21)27-23-19-26(15-7-2-8-16-26)32-24-12-6-5-11-22(23)24/h1,3-6,9-12,20,23H,2,7-8,13-19H2,(H,27,29)/t23-/m1/s1. The van der Waals surface area contributed by atoms with E-state index in [2.05, 4.69) is 5.32 Å². The Kier molecular flexibility index (Phi) is 6.18. The zero-order valence-electron chi connectivity index (χ0n) is 18.9. The van der Waals surface area contributed by atoms with Crippen molar-refractivity contribution in [2.24, 2.45) is 5.92 Å². The minimum Gasteiger partial charge on any atom is -0.487 e. The van der Waals surface area contributed by atoms with E-state index in [0.29, 0.717) is 30.8 Å². The van der Waals surface area contributed by atoms with Crippen molar-refractivity contribution in [1.29, 1.82) is 0 Å². The van der Waals surface area contributed by atoms with Gasteiger partial charge in [-0.05, 0) is 56.7 Å². The van der Waals surface area contributed by atoms with E-state index in [1.54, 1.807) is 24.3 Å². The Hall–Kier alpha value is -2.38. The predicted molar refractivity (Wildman–Crippen MR) is 126 cm³/mol. The largest absolute Gasteiger partial charge is 0.487 e. The fourth-order valence-electron chi connectivity index (χ4n) is 5.64. The molecule has 0 radical (unpaired) electrons. The maximum Gasteiger partial charge on any atom is 0.243 e. The van der Waals surface area contributed by atoms with Gasteiger partial charge in [-0.25, -0.2) is 8.42 Å². The second-order valence-corrected chi connectivity index (χ2v) is 11.6. The summed E-state index contributed by atoms with van der Waals surface area (Å²) < 4.78 is 33.8. The molecule has 1 saturated carbocycles. The lowest BCUT2D eigenvalue weighted by molar-refractivity contribution is -0.127. The van der Waals surface area contributed by atoms with Gasteiger partial charge in [0.15, 0.2) is 0 Å². The first-order valence-electron chi connectivity index (χ1n) is 12.1. The van der Waals surface area contributed by atoms with E-state index in [0.717, 1.165) is 43.4 Å². The zero-order chi connectivity index (χ0) is 22.9. The number of hydrogen-bond donors (Lipinski definition) is 1. The highest BCUT2D eigenvalue weighted by Gasteiger charge is 2.43. The molecule has 1 amide bonds. The number of ether oxygens (including phenoxy) is 1. The van der Waals surface area contributed by atoms with E-state index < -0.39 is 10.0 Å². The molecule has 176 valence electrons. The lowest BCUT2D eigenvalue weighted by atomic mass is 9.77. The summed E-state index contributed by atoms with van der Waals surface area (Å²) in [6.07, 6.45) is 7.51. The Labute approximate surface area is 196 Å². The summed E-state index contributed by atoms with van der Waals surface area (Å²) in [7, 11) is -3.51. The van der Waals surface area contributed by atoms with E-state index in [9.17, 15) is 13.2 Å². The van der Waals surface area contributed by atoms with Crippen LogP contribution in [0.1, 0.15) is 63.0 Å². The Balaban J connectivity index is 1.26. The monoisotopic (exact) mass is 468 g/mol. The number of sulfonamides is 1. The number of benzene rings is 2. The summed E-state index contributed by atoms with van der Waals surface area (Å²) in [6.45, 7) is 0.729. The van der Waals surface area contributed by atoms with Gasteiger partial charge >= 0.3 is 0 Å². The van der Waals surface area contributed by atoms with Gasteiger partial charge in [0, 0.05) is 31.0 Å². The van der Waals surface area contributed by atoms with E-state index in [4.69, 9.17) is 4.74 Å². The number of carbonyl (C=O) groups is 1. The van der Waals surface area contributed by atoms with Crippen molar-refractivity contribution < 1.29 is 17.9 Å². The van der Waals surface area contributed by atoms with Crippen LogP contribution < -0.4 is 10.1 Å². The van der Waals surface area contributed by atoms with Gasteiger partial charge in [0.05, 0.1) is 10.9 Å². The average Bonchev–Trinajstić information content (AvgIpc) is 2.85. The van der Waals surface area contributed by atoms with Crippen LogP contribution in [0.3, 0.4) is 0 Å². The van der Waals surface area contributed by atoms with Gasteiger partial charge in [0.25, 0.3) is 0 Å². The maximum absolute atomic E-state index is 13.3.